The van der Waals surface area contributed by atoms with Crippen molar-refractivity contribution in [3.05, 3.63) is 29.3 Å². The molecule has 2 aliphatic heterocycles. The number of carbonyl (C=O) groups excluding carboxylic acids is 1. The van der Waals surface area contributed by atoms with Crippen LogP contribution in [0.25, 0.3) is 0 Å². The molecule has 0 aromatic heterocycles. The van der Waals surface area contributed by atoms with E-state index in [1.807, 2.05) is 23.1 Å². The highest BCUT2D eigenvalue weighted by Crippen LogP contribution is 2.29. The van der Waals surface area contributed by atoms with E-state index in [2.05, 4.69) is 6.92 Å². The minimum atomic E-state index is 0.106. The van der Waals surface area contributed by atoms with Gasteiger partial charge in [0.2, 0.25) is 0 Å². The van der Waals surface area contributed by atoms with Gasteiger partial charge in [-0.15, -0.1) is 0 Å². The van der Waals surface area contributed by atoms with Crippen molar-refractivity contribution < 1.29 is 9.53 Å². The Bertz CT molecular complexity index is 501. The molecule has 2 N–H and O–H groups in total. The van der Waals surface area contributed by atoms with Crippen LogP contribution in [0.4, 0.5) is 0 Å². The summed E-state index contributed by atoms with van der Waals surface area (Å²) in [6, 6.07) is 5.92. The van der Waals surface area contributed by atoms with Crippen LogP contribution in [0.1, 0.15) is 29.3 Å². The van der Waals surface area contributed by atoms with Crippen molar-refractivity contribution in [1.29, 1.82) is 0 Å². The maximum absolute atomic E-state index is 12.6. The van der Waals surface area contributed by atoms with Crippen LogP contribution in [-0.4, -0.2) is 36.5 Å². The Morgan fingerprint density at radius 3 is 3.16 bits per heavy atom. The third kappa shape index (κ3) is 2.10. The molecule has 0 radical (unpaired) electrons. The number of amides is 1. The maximum Gasteiger partial charge on any atom is 0.254 e. The first-order valence-electron chi connectivity index (χ1n) is 6.97. The van der Waals surface area contributed by atoms with Crippen LogP contribution in [0.15, 0.2) is 18.2 Å². The summed E-state index contributed by atoms with van der Waals surface area (Å²) in [5.74, 6) is 1.52. The van der Waals surface area contributed by atoms with E-state index in [0.717, 1.165) is 42.9 Å². The highest BCUT2D eigenvalue weighted by atomic mass is 16.5. The predicted molar refractivity (Wildman–Crippen MR) is 73.3 cm³/mol. The molecule has 1 saturated heterocycles. The molecular weight excluding hydrogens is 240 g/mol. The molecule has 4 heteroatoms. The molecule has 0 spiro atoms. The third-order valence-corrected chi connectivity index (χ3v) is 4.32. The second-order valence-corrected chi connectivity index (χ2v) is 5.49. The lowest BCUT2D eigenvalue weighted by Crippen LogP contribution is -2.42. The predicted octanol–water partition coefficient (Wildman–Crippen LogP) is 1.43. The first-order chi connectivity index (χ1) is 9.20. The molecule has 0 saturated carbocycles. The number of nitrogens with zero attached hydrogens (tertiary/aromatic N) is 1. The van der Waals surface area contributed by atoms with Gasteiger partial charge in [0.15, 0.2) is 0 Å². The maximum atomic E-state index is 12.6. The molecule has 1 aromatic rings. The first kappa shape index (κ1) is 12.5. The van der Waals surface area contributed by atoms with E-state index in [0.29, 0.717) is 12.5 Å². The number of hydrogen-bond donors (Lipinski definition) is 1. The molecule has 102 valence electrons. The molecule has 2 aliphatic rings. The molecule has 1 aromatic carbocycles. The molecule has 2 heterocycles. The second kappa shape index (κ2) is 4.85. The fourth-order valence-corrected chi connectivity index (χ4v) is 3.11. The van der Waals surface area contributed by atoms with Crippen molar-refractivity contribution in [2.24, 2.45) is 11.7 Å². The average Bonchev–Trinajstić information content (AvgIpc) is 3.02. The van der Waals surface area contributed by atoms with Gasteiger partial charge in [-0.2, -0.15) is 0 Å². The van der Waals surface area contributed by atoms with Crippen molar-refractivity contribution in [3.63, 3.8) is 0 Å². The van der Waals surface area contributed by atoms with Crippen LogP contribution >= 0.6 is 0 Å². The quantitative estimate of drug-likeness (QED) is 0.875. The molecule has 4 nitrogen and oxygen atoms in total. The smallest absolute Gasteiger partial charge is 0.254 e. The fraction of sp³-hybridized carbons (Fsp3) is 0.533. The van der Waals surface area contributed by atoms with Crippen LogP contribution < -0.4 is 10.5 Å². The third-order valence-electron chi connectivity index (χ3n) is 4.32. The Kier molecular flexibility index (Phi) is 3.19. The Balaban J connectivity index is 1.84. The summed E-state index contributed by atoms with van der Waals surface area (Å²) in [5, 5.41) is 0. The number of benzene rings is 1. The average molecular weight is 260 g/mol. The summed E-state index contributed by atoms with van der Waals surface area (Å²) >= 11 is 0. The summed E-state index contributed by atoms with van der Waals surface area (Å²) in [6.07, 6.45) is 1.94. The van der Waals surface area contributed by atoms with Crippen LogP contribution in [0.5, 0.6) is 5.75 Å². The van der Waals surface area contributed by atoms with E-state index < -0.39 is 0 Å². The summed E-state index contributed by atoms with van der Waals surface area (Å²) in [4.78, 5) is 14.5. The van der Waals surface area contributed by atoms with Gasteiger partial charge < -0.3 is 15.4 Å². The monoisotopic (exact) mass is 260 g/mol. The lowest BCUT2D eigenvalue weighted by Gasteiger charge is -2.26. The van der Waals surface area contributed by atoms with Gasteiger partial charge in [-0.1, -0.05) is 6.92 Å². The zero-order valence-electron chi connectivity index (χ0n) is 11.3. The zero-order chi connectivity index (χ0) is 13.4. The van der Waals surface area contributed by atoms with Gasteiger partial charge in [-0.25, -0.2) is 0 Å². The zero-order valence-corrected chi connectivity index (χ0v) is 11.3. The van der Waals surface area contributed by atoms with Gasteiger partial charge in [-0.3, -0.25) is 4.79 Å². The topological polar surface area (TPSA) is 55.6 Å². The van der Waals surface area contributed by atoms with E-state index in [1.54, 1.807) is 0 Å². The van der Waals surface area contributed by atoms with Crippen molar-refractivity contribution in [3.8, 4) is 5.75 Å². The van der Waals surface area contributed by atoms with Crippen molar-refractivity contribution in [2.75, 3.05) is 19.7 Å². The second-order valence-electron chi connectivity index (χ2n) is 5.49. The van der Waals surface area contributed by atoms with Gasteiger partial charge in [0.25, 0.3) is 5.91 Å². The summed E-state index contributed by atoms with van der Waals surface area (Å²) in [6.45, 7) is 4.25. The van der Waals surface area contributed by atoms with E-state index >= 15 is 0 Å². The van der Waals surface area contributed by atoms with Crippen LogP contribution in [0, 0.1) is 5.92 Å². The van der Waals surface area contributed by atoms with Gasteiger partial charge in [0, 0.05) is 31.1 Å². The van der Waals surface area contributed by atoms with Gasteiger partial charge >= 0.3 is 0 Å². The van der Waals surface area contributed by atoms with Gasteiger partial charge in [-0.05, 0) is 36.1 Å². The van der Waals surface area contributed by atoms with Gasteiger partial charge in [0.05, 0.1) is 6.61 Å². The number of likely N-dealkylation sites (tertiary alicyclic amines) is 1. The minimum absolute atomic E-state index is 0.106. The molecule has 0 aliphatic carbocycles. The number of nitrogens with two attached hydrogens (primary N) is 1. The number of ether oxygens (including phenoxy) is 1. The van der Waals surface area contributed by atoms with E-state index in [4.69, 9.17) is 10.5 Å². The van der Waals surface area contributed by atoms with Crippen LogP contribution in [-0.2, 0) is 6.42 Å². The van der Waals surface area contributed by atoms with Crippen LogP contribution in [0.3, 0.4) is 0 Å². The van der Waals surface area contributed by atoms with E-state index in [1.165, 1.54) is 0 Å². The molecular formula is C15H20N2O2. The molecule has 19 heavy (non-hydrogen) atoms. The highest BCUT2D eigenvalue weighted by molar-refractivity contribution is 5.95. The number of fused-ring (bicyclic) bond motifs is 1. The minimum Gasteiger partial charge on any atom is -0.493 e. The number of carbonyl (C=O) groups is 1. The Labute approximate surface area is 113 Å². The van der Waals surface area contributed by atoms with E-state index in [9.17, 15) is 4.79 Å². The highest BCUT2D eigenvalue weighted by Gasteiger charge is 2.34. The van der Waals surface area contributed by atoms with Gasteiger partial charge in [0.1, 0.15) is 5.75 Å². The molecule has 0 bridgehead atoms. The molecule has 2 atom stereocenters. The van der Waals surface area contributed by atoms with Crippen molar-refractivity contribution in [2.45, 2.75) is 25.8 Å². The van der Waals surface area contributed by atoms with E-state index in [-0.39, 0.29) is 11.9 Å². The summed E-state index contributed by atoms with van der Waals surface area (Å²) in [7, 11) is 0. The number of hydrogen-bond acceptors (Lipinski definition) is 3. The fourth-order valence-electron chi connectivity index (χ4n) is 3.11. The lowest BCUT2D eigenvalue weighted by atomic mass is 10.0. The largest absolute Gasteiger partial charge is 0.493 e. The summed E-state index contributed by atoms with van der Waals surface area (Å²) in [5.41, 5.74) is 7.71. The molecule has 1 fully saturated rings. The normalized spacial score (nSPS) is 25.3. The SMILES string of the molecule is CC1CCN(C(=O)c2ccc3c(c2)CCO3)C1CN. The standard InChI is InChI=1S/C15H20N2O2/c1-10-4-6-17(13(10)9-16)15(18)12-2-3-14-11(8-12)5-7-19-14/h2-3,8,10,13H,4-7,9,16H2,1H3. The van der Waals surface area contributed by atoms with Crippen LogP contribution in [0.2, 0.25) is 0 Å². The number of rotatable bonds is 2. The lowest BCUT2D eigenvalue weighted by molar-refractivity contribution is 0.0727. The Hall–Kier alpha value is -1.55. The summed E-state index contributed by atoms with van der Waals surface area (Å²) < 4.78 is 5.47. The molecule has 1 amide bonds. The molecule has 2 unspecified atom stereocenters. The van der Waals surface area contributed by atoms with Crippen molar-refractivity contribution in [1.82, 2.24) is 4.90 Å². The van der Waals surface area contributed by atoms with Crippen molar-refractivity contribution >= 4 is 5.91 Å². The Morgan fingerprint density at radius 1 is 1.53 bits per heavy atom. The molecule has 3 rings (SSSR count). The first-order valence-corrected chi connectivity index (χ1v) is 6.97. The Morgan fingerprint density at radius 2 is 2.37 bits per heavy atom.